The van der Waals surface area contributed by atoms with E-state index >= 15 is 0 Å². The first kappa shape index (κ1) is 20.3. The number of piperazine rings is 1. The average Bonchev–Trinajstić information content (AvgIpc) is 3.18. The molecule has 0 saturated carbocycles. The molecule has 0 unspecified atom stereocenters. The summed E-state index contributed by atoms with van der Waals surface area (Å²) in [4.78, 5) is 25.9. The Bertz CT molecular complexity index is 1010. The van der Waals surface area contributed by atoms with Gasteiger partial charge in [-0.3, -0.25) is 4.79 Å². The molecule has 8 heteroatoms. The molecule has 1 saturated heterocycles. The van der Waals surface area contributed by atoms with E-state index in [1.165, 1.54) is 11.3 Å². The fraction of sp³-hybridized carbons (Fsp3) is 0.318. The van der Waals surface area contributed by atoms with Gasteiger partial charge in [-0.05, 0) is 37.7 Å². The van der Waals surface area contributed by atoms with E-state index in [2.05, 4.69) is 27.1 Å². The molecule has 0 bridgehead atoms. The van der Waals surface area contributed by atoms with Gasteiger partial charge in [-0.2, -0.15) is 0 Å². The van der Waals surface area contributed by atoms with Crippen molar-refractivity contribution in [2.45, 2.75) is 13.8 Å². The van der Waals surface area contributed by atoms with Crippen LogP contribution in [0.15, 0.2) is 48.0 Å². The molecule has 0 aliphatic carbocycles. The quantitative estimate of drug-likeness (QED) is 0.642. The summed E-state index contributed by atoms with van der Waals surface area (Å²) in [7, 11) is 0. The minimum Gasteiger partial charge on any atom is -0.457 e. The lowest BCUT2D eigenvalue weighted by atomic mass is 10.1. The van der Waals surface area contributed by atoms with Crippen molar-refractivity contribution in [2.24, 2.45) is 0 Å². The second-order valence-corrected chi connectivity index (χ2v) is 8.01. The standard InChI is InChI=1S/C22H25N5O2S/c1-3-26-9-11-27(12-10-26)21(28)17-5-4-6-18(13-17)29-19-7-8-23-20(14-19)25-22-24-16(2)15-30-22/h4-8,13-15H,3,9-12H2,1-2H3,(H,23,24,25). The van der Waals surface area contributed by atoms with Gasteiger partial charge in [0, 0.05) is 49.4 Å². The Kier molecular flexibility index (Phi) is 6.25. The normalized spacial score (nSPS) is 14.5. The van der Waals surface area contributed by atoms with E-state index in [-0.39, 0.29) is 5.91 Å². The Balaban J connectivity index is 1.43. The first-order chi connectivity index (χ1) is 14.6. The summed E-state index contributed by atoms with van der Waals surface area (Å²) in [6, 6.07) is 10.9. The Labute approximate surface area is 180 Å². The van der Waals surface area contributed by atoms with Crippen molar-refractivity contribution in [3.8, 4) is 11.5 Å². The van der Waals surface area contributed by atoms with Crippen molar-refractivity contribution in [1.29, 1.82) is 0 Å². The van der Waals surface area contributed by atoms with Crippen molar-refractivity contribution in [1.82, 2.24) is 19.8 Å². The number of thiazole rings is 1. The molecule has 1 aromatic carbocycles. The van der Waals surface area contributed by atoms with Gasteiger partial charge in [0.2, 0.25) is 0 Å². The maximum absolute atomic E-state index is 12.9. The molecule has 1 N–H and O–H groups in total. The van der Waals surface area contributed by atoms with E-state index in [0.717, 1.165) is 43.5 Å². The summed E-state index contributed by atoms with van der Waals surface area (Å²) in [5.41, 5.74) is 1.61. The summed E-state index contributed by atoms with van der Waals surface area (Å²) >= 11 is 1.53. The third kappa shape index (κ3) is 4.95. The minimum atomic E-state index is 0.0485. The number of nitrogens with zero attached hydrogens (tertiary/aromatic N) is 4. The van der Waals surface area contributed by atoms with Gasteiger partial charge < -0.3 is 19.9 Å². The highest BCUT2D eigenvalue weighted by atomic mass is 32.1. The maximum Gasteiger partial charge on any atom is 0.254 e. The van der Waals surface area contributed by atoms with Gasteiger partial charge in [-0.25, -0.2) is 9.97 Å². The number of carbonyl (C=O) groups excluding carboxylic acids is 1. The lowest BCUT2D eigenvalue weighted by Gasteiger charge is -2.34. The van der Waals surface area contributed by atoms with Crippen molar-refractivity contribution in [3.63, 3.8) is 0 Å². The van der Waals surface area contributed by atoms with E-state index in [1.807, 2.05) is 41.5 Å². The molecular weight excluding hydrogens is 398 g/mol. The van der Waals surface area contributed by atoms with Crippen LogP contribution in [0, 0.1) is 6.92 Å². The zero-order chi connectivity index (χ0) is 20.9. The highest BCUT2D eigenvalue weighted by Gasteiger charge is 2.21. The van der Waals surface area contributed by atoms with Crippen LogP contribution in [0.4, 0.5) is 10.9 Å². The number of nitrogens with one attached hydrogen (secondary N) is 1. The zero-order valence-electron chi connectivity index (χ0n) is 17.2. The third-order valence-electron chi connectivity index (χ3n) is 5.01. The number of ether oxygens (including phenoxy) is 1. The van der Waals surface area contributed by atoms with Gasteiger partial charge in [-0.15, -0.1) is 11.3 Å². The van der Waals surface area contributed by atoms with Crippen LogP contribution in [0.2, 0.25) is 0 Å². The van der Waals surface area contributed by atoms with E-state index in [0.29, 0.717) is 22.9 Å². The number of benzene rings is 1. The number of likely N-dealkylation sites (N-methyl/N-ethyl adjacent to an activating group) is 1. The van der Waals surface area contributed by atoms with Crippen LogP contribution in [0.25, 0.3) is 0 Å². The second kappa shape index (κ2) is 9.23. The molecule has 30 heavy (non-hydrogen) atoms. The summed E-state index contributed by atoms with van der Waals surface area (Å²) in [5, 5.41) is 5.95. The maximum atomic E-state index is 12.9. The van der Waals surface area contributed by atoms with Crippen LogP contribution in [-0.2, 0) is 0 Å². The van der Waals surface area contributed by atoms with Gasteiger partial charge in [0.25, 0.3) is 5.91 Å². The summed E-state index contributed by atoms with van der Waals surface area (Å²) < 4.78 is 6.00. The monoisotopic (exact) mass is 423 g/mol. The van der Waals surface area contributed by atoms with E-state index < -0.39 is 0 Å². The second-order valence-electron chi connectivity index (χ2n) is 7.15. The van der Waals surface area contributed by atoms with Gasteiger partial charge in [0.1, 0.15) is 17.3 Å². The minimum absolute atomic E-state index is 0.0485. The first-order valence-electron chi connectivity index (χ1n) is 10.1. The molecule has 4 rings (SSSR count). The molecule has 156 valence electrons. The fourth-order valence-corrected chi connectivity index (χ4v) is 4.04. The number of hydrogen-bond donors (Lipinski definition) is 1. The van der Waals surface area contributed by atoms with Crippen LogP contribution >= 0.6 is 11.3 Å². The number of anilines is 2. The molecule has 1 aliphatic rings. The molecular formula is C22H25N5O2S. The van der Waals surface area contributed by atoms with Crippen LogP contribution in [0.3, 0.4) is 0 Å². The first-order valence-corrected chi connectivity index (χ1v) is 10.9. The molecule has 0 radical (unpaired) electrons. The fourth-order valence-electron chi connectivity index (χ4n) is 3.34. The number of aromatic nitrogens is 2. The zero-order valence-corrected chi connectivity index (χ0v) is 18.0. The number of hydrogen-bond acceptors (Lipinski definition) is 7. The molecule has 2 aromatic heterocycles. The molecule has 1 fully saturated rings. The smallest absolute Gasteiger partial charge is 0.254 e. The van der Waals surface area contributed by atoms with Crippen LogP contribution in [-0.4, -0.2) is 58.4 Å². The van der Waals surface area contributed by atoms with E-state index in [1.54, 1.807) is 18.3 Å². The average molecular weight is 424 g/mol. The number of carbonyl (C=O) groups is 1. The Morgan fingerprint density at radius 2 is 1.97 bits per heavy atom. The van der Waals surface area contributed by atoms with Crippen molar-refractivity contribution >= 4 is 28.2 Å². The number of aryl methyl sites for hydroxylation is 1. The van der Waals surface area contributed by atoms with Crippen molar-refractivity contribution < 1.29 is 9.53 Å². The highest BCUT2D eigenvalue weighted by Crippen LogP contribution is 2.26. The number of rotatable bonds is 6. The lowest BCUT2D eigenvalue weighted by molar-refractivity contribution is 0.0643. The molecule has 3 heterocycles. The topological polar surface area (TPSA) is 70.6 Å². The van der Waals surface area contributed by atoms with Crippen LogP contribution in [0.1, 0.15) is 23.0 Å². The summed E-state index contributed by atoms with van der Waals surface area (Å²) in [5.74, 6) is 1.97. The van der Waals surface area contributed by atoms with Crippen LogP contribution < -0.4 is 10.1 Å². The summed E-state index contributed by atoms with van der Waals surface area (Å²) in [6.45, 7) is 8.48. The predicted molar refractivity (Wildman–Crippen MR) is 119 cm³/mol. The number of amides is 1. The molecule has 0 atom stereocenters. The Hall–Kier alpha value is -2.97. The molecule has 0 spiro atoms. The molecule has 1 amide bonds. The van der Waals surface area contributed by atoms with Gasteiger partial charge in [0.05, 0.1) is 5.69 Å². The number of pyridine rings is 1. The van der Waals surface area contributed by atoms with E-state index in [9.17, 15) is 4.79 Å². The molecule has 1 aliphatic heterocycles. The third-order valence-corrected chi connectivity index (χ3v) is 5.88. The highest BCUT2D eigenvalue weighted by molar-refractivity contribution is 7.13. The molecule has 3 aromatic rings. The van der Waals surface area contributed by atoms with Gasteiger partial charge in [0.15, 0.2) is 5.13 Å². The SMILES string of the molecule is CCN1CCN(C(=O)c2cccc(Oc3ccnc(Nc4nc(C)cs4)c3)c2)CC1. The van der Waals surface area contributed by atoms with Gasteiger partial charge >= 0.3 is 0 Å². The van der Waals surface area contributed by atoms with Gasteiger partial charge in [-0.1, -0.05) is 13.0 Å². The molecule has 7 nitrogen and oxygen atoms in total. The van der Waals surface area contributed by atoms with Crippen molar-refractivity contribution in [3.05, 3.63) is 59.2 Å². The summed E-state index contributed by atoms with van der Waals surface area (Å²) in [6.07, 6.45) is 1.68. The van der Waals surface area contributed by atoms with E-state index in [4.69, 9.17) is 4.74 Å². The Morgan fingerprint density at radius 1 is 1.17 bits per heavy atom. The Morgan fingerprint density at radius 3 is 2.70 bits per heavy atom. The predicted octanol–water partition coefficient (Wildman–Crippen LogP) is 4.16. The largest absolute Gasteiger partial charge is 0.457 e. The van der Waals surface area contributed by atoms with Crippen LogP contribution in [0.5, 0.6) is 11.5 Å². The lowest BCUT2D eigenvalue weighted by Crippen LogP contribution is -2.48. The van der Waals surface area contributed by atoms with Crippen molar-refractivity contribution in [2.75, 3.05) is 38.0 Å².